The van der Waals surface area contributed by atoms with Gasteiger partial charge in [0.1, 0.15) is 11.3 Å². The molecule has 0 spiro atoms. The van der Waals surface area contributed by atoms with Crippen molar-refractivity contribution in [1.82, 2.24) is 19.3 Å². The van der Waals surface area contributed by atoms with E-state index in [0.717, 1.165) is 42.5 Å². The molecule has 1 saturated carbocycles. The molecule has 27 heavy (non-hydrogen) atoms. The van der Waals surface area contributed by atoms with Gasteiger partial charge in [-0.3, -0.25) is 14.1 Å². The van der Waals surface area contributed by atoms with Crippen molar-refractivity contribution in [1.29, 1.82) is 0 Å². The first-order valence-corrected chi connectivity index (χ1v) is 10.3. The van der Waals surface area contributed by atoms with Gasteiger partial charge in [0, 0.05) is 11.3 Å². The van der Waals surface area contributed by atoms with Gasteiger partial charge in [0.2, 0.25) is 0 Å². The Labute approximate surface area is 161 Å². The second-order valence-corrected chi connectivity index (χ2v) is 8.40. The maximum absolute atomic E-state index is 12.5. The molecule has 0 amide bonds. The highest BCUT2D eigenvalue weighted by Crippen LogP contribution is 2.33. The van der Waals surface area contributed by atoms with Crippen LogP contribution in [0.1, 0.15) is 55.8 Å². The lowest BCUT2D eigenvalue weighted by molar-refractivity contribution is 0.428. The quantitative estimate of drug-likeness (QED) is 0.679. The predicted molar refractivity (Wildman–Crippen MR) is 114 cm³/mol. The van der Waals surface area contributed by atoms with E-state index in [1.165, 1.54) is 30.2 Å². The summed E-state index contributed by atoms with van der Waals surface area (Å²) in [5, 5.41) is 0. The summed E-state index contributed by atoms with van der Waals surface area (Å²) in [5.74, 6) is 1.50. The van der Waals surface area contributed by atoms with Gasteiger partial charge in [0.05, 0.1) is 17.2 Å². The second-order valence-electron chi connectivity index (χ2n) is 7.82. The number of hydrogen-bond acceptors (Lipinski definition) is 2. The average Bonchev–Trinajstić information content (AvgIpc) is 3.13. The van der Waals surface area contributed by atoms with Crippen LogP contribution < -0.4 is 5.56 Å². The number of aromatic nitrogens is 3. The first-order chi connectivity index (χ1) is 13.0. The minimum Gasteiger partial charge on any atom is -0.319 e. The van der Waals surface area contributed by atoms with Crippen LogP contribution in [0.5, 0.6) is 0 Å². The fourth-order valence-corrected chi connectivity index (χ4v) is 4.25. The number of hydrogen-bond donors (Lipinski definition) is 1. The average molecular weight is 382 g/mol. The molecule has 1 aliphatic rings. The molecule has 0 bridgehead atoms. The molecule has 0 unspecified atom stereocenters. The SMILES string of the molecule is CN(C)C(=P)CCc1ccc2[nH]c(=O)c3cnc(C4CCCCC4)n3c2c1. The van der Waals surface area contributed by atoms with Crippen LogP contribution in [0.15, 0.2) is 29.2 Å². The molecule has 0 radical (unpaired) electrons. The van der Waals surface area contributed by atoms with Crippen LogP contribution in [0.25, 0.3) is 16.6 Å². The summed E-state index contributed by atoms with van der Waals surface area (Å²) >= 11 is 0. The van der Waals surface area contributed by atoms with E-state index in [9.17, 15) is 4.79 Å². The smallest absolute Gasteiger partial charge is 0.274 e. The molecular weight excluding hydrogens is 355 g/mol. The zero-order valence-electron chi connectivity index (χ0n) is 16.1. The van der Waals surface area contributed by atoms with E-state index in [1.54, 1.807) is 6.20 Å². The van der Waals surface area contributed by atoms with Crippen LogP contribution in [0.3, 0.4) is 0 Å². The summed E-state index contributed by atoms with van der Waals surface area (Å²) < 4.78 is 2.11. The number of fused-ring (bicyclic) bond motifs is 3. The molecule has 1 aliphatic carbocycles. The summed E-state index contributed by atoms with van der Waals surface area (Å²) in [7, 11) is 7.77. The third-order valence-corrected chi connectivity index (χ3v) is 6.43. The Morgan fingerprint density at radius 1 is 1.26 bits per heavy atom. The first kappa shape index (κ1) is 18.4. The third kappa shape index (κ3) is 3.59. The number of aromatic amines is 1. The standard InChI is InChI=1S/C21H27N4OP/c1-24(2)19(27)11-9-14-8-10-16-17(12-14)25-18(21(26)23-16)13-22-20(25)15-6-4-3-5-7-15/h8,10,12-13,15,27H,3-7,9,11H2,1-2H3,(H,23,26). The van der Waals surface area contributed by atoms with E-state index in [4.69, 9.17) is 0 Å². The number of H-pyrrole nitrogens is 1. The Hall–Kier alpha value is -1.97. The fraction of sp³-hybridized carbons (Fsp3) is 0.476. The topological polar surface area (TPSA) is 53.4 Å². The van der Waals surface area contributed by atoms with Gasteiger partial charge in [-0.15, -0.1) is 8.86 Å². The van der Waals surface area contributed by atoms with Gasteiger partial charge < -0.3 is 4.98 Å². The highest BCUT2D eigenvalue weighted by atomic mass is 31.0. The van der Waals surface area contributed by atoms with Gasteiger partial charge >= 0.3 is 0 Å². The van der Waals surface area contributed by atoms with Crippen LogP contribution in [0.4, 0.5) is 0 Å². The Balaban J connectivity index is 1.79. The summed E-state index contributed by atoms with van der Waals surface area (Å²) in [5.41, 5.74) is 4.96. The first-order valence-electron chi connectivity index (χ1n) is 9.81. The molecule has 0 saturated heterocycles. The fourth-order valence-electron chi connectivity index (χ4n) is 4.12. The van der Waals surface area contributed by atoms with Gasteiger partial charge in [-0.2, -0.15) is 0 Å². The largest absolute Gasteiger partial charge is 0.319 e. The Kier molecular flexibility index (Phi) is 5.16. The highest BCUT2D eigenvalue weighted by molar-refractivity contribution is 7.20. The highest BCUT2D eigenvalue weighted by Gasteiger charge is 2.22. The molecule has 5 nitrogen and oxygen atoms in total. The maximum atomic E-state index is 12.5. The number of nitrogens with zero attached hydrogens (tertiary/aromatic N) is 3. The van der Waals surface area contributed by atoms with Crippen molar-refractivity contribution in [2.75, 3.05) is 14.1 Å². The molecule has 2 aromatic heterocycles. The monoisotopic (exact) mass is 382 g/mol. The number of nitrogens with one attached hydrogen (secondary N) is 1. The van der Waals surface area contributed by atoms with Crippen LogP contribution in [0, 0.1) is 0 Å². The molecule has 3 aromatic rings. The lowest BCUT2D eigenvalue weighted by Gasteiger charge is -2.21. The lowest BCUT2D eigenvalue weighted by atomic mass is 9.88. The van der Waals surface area contributed by atoms with E-state index in [1.807, 2.05) is 20.2 Å². The molecule has 1 aromatic carbocycles. The van der Waals surface area contributed by atoms with Gasteiger partial charge in [-0.1, -0.05) is 25.3 Å². The van der Waals surface area contributed by atoms with Crippen molar-refractivity contribution in [2.45, 2.75) is 50.9 Å². The predicted octanol–water partition coefficient (Wildman–Crippen LogP) is 3.99. The molecule has 1 fully saturated rings. The van der Waals surface area contributed by atoms with Crippen molar-refractivity contribution >= 4 is 30.8 Å². The van der Waals surface area contributed by atoms with Crippen molar-refractivity contribution in [3.8, 4) is 0 Å². The maximum Gasteiger partial charge on any atom is 0.274 e. The van der Waals surface area contributed by atoms with Crippen molar-refractivity contribution < 1.29 is 0 Å². The van der Waals surface area contributed by atoms with Crippen molar-refractivity contribution in [3.05, 3.63) is 46.1 Å². The zero-order valence-corrected chi connectivity index (χ0v) is 17.1. The molecule has 4 rings (SSSR count). The van der Waals surface area contributed by atoms with Gasteiger partial charge in [-0.25, -0.2) is 4.98 Å². The molecule has 0 aliphatic heterocycles. The number of benzene rings is 1. The van der Waals surface area contributed by atoms with Crippen molar-refractivity contribution in [2.24, 2.45) is 0 Å². The number of rotatable bonds is 5. The zero-order chi connectivity index (χ0) is 19.0. The molecule has 0 atom stereocenters. The van der Waals surface area contributed by atoms with E-state index >= 15 is 0 Å². The second kappa shape index (κ2) is 7.57. The normalized spacial score (nSPS) is 15.8. The molecular formula is C21H27N4OP. The van der Waals surface area contributed by atoms with E-state index in [0.29, 0.717) is 11.4 Å². The summed E-state index contributed by atoms with van der Waals surface area (Å²) in [6.07, 6.45) is 9.77. The molecule has 6 heteroatoms. The Bertz CT molecular complexity index is 1040. The summed E-state index contributed by atoms with van der Waals surface area (Å²) in [4.78, 5) is 22.3. The Morgan fingerprint density at radius 3 is 2.78 bits per heavy atom. The van der Waals surface area contributed by atoms with E-state index < -0.39 is 0 Å². The molecule has 2 heterocycles. The van der Waals surface area contributed by atoms with Gasteiger partial charge in [0.25, 0.3) is 5.56 Å². The van der Waals surface area contributed by atoms with Crippen LogP contribution in [-0.4, -0.2) is 38.8 Å². The van der Waals surface area contributed by atoms with Gasteiger partial charge in [-0.05, 0) is 57.5 Å². The Morgan fingerprint density at radius 2 is 2.04 bits per heavy atom. The summed E-state index contributed by atoms with van der Waals surface area (Å²) in [6, 6.07) is 6.34. The molecule has 1 N–H and O–H groups in total. The minimum absolute atomic E-state index is 0.0619. The minimum atomic E-state index is -0.0619. The van der Waals surface area contributed by atoms with Crippen LogP contribution in [0.2, 0.25) is 0 Å². The van der Waals surface area contributed by atoms with E-state index in [2.05, 4.69) is 40.3 Å². The number of aryl methyl sites for hydroxylation is 1. The number of imidazole rings is 1. The van der Waals surface area contributed by atoms with E-state index in [-0.39, 0.29) is 5.56 Å². The lowest BCUT2D eigenvalue weighted by Crippen LogP contribution is -2.19. The summed E-state index contributed by atoms with van der Waals surface area (Å²) in [6.45, 7) is 0. The van der Waals surface area contributed by atoms with Gasteiger partial charge in [0.15, 0.2) is 0 Å². The van der Waals surface area contributed by atoms with Crippen LogP contribution >= 0.6 is 8.86 Å². The third-order valence-electron chi connectivity index (χ3n) is 5.73. The van der Waals surface area contributed by atoms with Crippen LogP contribution in [-0.2, 0) is 6.42 Å². The van der Waals surface area contributed by atoms with Crippen molar-refractivity contribution in [3.63, 3.8) is 0 Å². The molecule has 142 valence electrons.